The first-order valence-corrected chi connectivity index (χ1v) is 7.18. The van der Waals surface area contributed by atoms with Gasteiger partial charge in [0.2, 0.25) is 0 Å². The van der Waals surface area contributed by atoms with E-state index in [1.54, 1.807) is 12.1 Å². The van der Waals surface area contributed by atoms with Gasteiger partial charge in [-0.15, -0.1) is 0 Å². The van der Waals surface area contributed by atoms with Crippen molar-refractivity contribution in [3.8, 4) is 5.69 Å². The predicted octanol–water partition coefficient (Wildman–Crippen LogP) is 1.53. The second-order valence-corrected chi connectivity index (χ2v) is 5.19. The molecule has 24 heavy (non-hydrogen) atoms. The SMILES string of the molecule is [2H]/C(C(=O)N([2H])c1ccncc1)=C1\c2nn([2H])n[n+]2-c2ccc(Cl)cc2N1[2H]. The average molecular weight is 345 g/mol. The summed E-state index contributed by atoms with van der Waals surface area (Å²) in [6, 6.07) is 6.87. The Bertz CT molecular complexity index is 1120. The third-order valence-electron chi connectivity index (χ3n) is 3.20. The van der Waals surface area contributed by atoms with Crippen molar-refractivity contribution >= 4 is 34.6 Å². The number of aromatic amines is 1. The van der Waals surface area contributed by atoms with Crippen molar-refractivity contribution in [3.63, 3.8) is 0 Å². The fourth-order valence-corrected chi connectivity index (χ4v) is 2.35. The van der Waals surface area contributed by atoms with E-state index in [0.29, 0.717) is 21.2 Å². The van der Waals surface area contributed by atoms with E-state index in [1.807, 2.05) is 0 Å². The van der Waals surface area contributed by atoms with Gasteiger partial charge in [-0.25, -0.2) is 0 Å². The number of halogens is 1. The summed E-state index contributed by atoms with van der Waals surface area (Å²) in [6.07, 6.45) is 2.83. The van der Waals surface area contributed by atoms with Crippen LogP contribution in [-0.4, -0.2) is 26.4 Å². The van der Waals surface area contributed by atoms with E-state index in [1.165, 1.54) is 35.3 Å². The summed E-state index contributed by atoms with van der Waals surface area (Å²) < 4.78 is 33.6. The molecule has 9 heteroatoms. The van der Waals surface area contributed by atoms with E-state index < -0.39 is 12.0 Å². The van der Waals surface area contributed by atoms with Crippen LogP contribution in [0.5, 0.6) is 0 Å². The summed E-state index contributed by atoms with van der Waals surface area (Å²) in [6.45, 7) is 0. The number of carbonyl (C=O) groups is 1. The van der Waals surface area contributed by atoms with E-state index in [-0.39, 0.29) is 22.9 Å². The molecule has 0 radical (unpaired) electrons. The largest absolute Gasteiger partial charge is 0.351 e. The third kappa shape index (κ3) is 2.59. The Labute approximate surface area is 147 Å². The van der Waals surface area contributed by atoms with E-state index in [9.17, 15) is 4.79 Å². The van der Waals surface area contributed by atoms with Crippen LogP contribution in [0, 0.1) is 0 Å². The smallest absolute Gasteiger partial charge is 0.347 e. The highest BCUT2D eigenvalue weighted by molar-refractivity contribution is 6.31. The van der Waals surface area contributed by atoms with Crippen LogP contribution in [0.25, 0.3) is 11.4 Å². The maximum absolute atomic E-state index is 12.7. The zero-order valence-corrected chi connectivity index (χ0v) is 12.7. The number of pyridine rings is 1. The topological polar surface area (TPSA) is 99.5 Å². The van der Waals surface area contributed by atoms with E-state index >= 15 is 0 Å². The molecule has 0 saturated heterocycles. The number of hydrogen-bond donors (Lipinski definition) is 3. The lowest BCUT2D eigenvalue weighted by Gasteiger charge is -2.15. The molecular formula is C15H11ClN7O+. The zero-order chi connectivity index (χ0) is 20.0. The lowest BCUT2D eigenvalue weighted by molar-refractivity contribution is -0.662. The molecule has 118 valence electrons. The number of tetrazole rings is 1. The molecule has 1 aliphatic heterocycles. The average Bonchev–Trinajstić information content (AvgIpc) is 3.08. The number of H-pyrrole nitrogens is 1. The number of rotatable bonds is 2. The lowest BCUT2D eigenvalue weighted by Crippen LogP contribution is -2.41. The highest BCUT2D eigenvalue weighted by Crippen LogP contribution is 2.28. The van der Waals surface area contributed by atoms with Crippen LogP contribution in [0.3, 0.4) is 0 Å². The van der Waals surface area contributed by atoms with Crippen LogP contribution in [0.4, 0.5) is 11.4 Å². The van der Waals surface area contributed by atoms with Gasteiger partial charge in [0.15, 0.2) is 8.51 Å². The second-order valence-electron chi connectivity index (χ2n) is 4.76. The number of amides is 1. The third-order valence-corrected chi connectivity index (χ3v) is 3.43. The Kier molecular flexibility index (Phi) is 2.51. The summed E-state index contributed by atoms with van der Waals surface area (Å²) in [4.78, 5) is 16.5. The zero-order valence-electron chi connectivity index (χ0n) is 16.0. The molecule has 2 aromatic heterocycles. The Hall–Kier alpha value is -3.26. The molecule has 0 bridgehead atoms. The fourth-order valence-electron chi connectivity index (χ4n) is 2.18. The van der Waals surface area contributed by atoms with Gasteiger partial charge in [0.1, 0.15) is 5.70 Å². The van der Waals surface area contributed by atoms with Gasteiger partial charge in [-0.1, -0.05) is 16.3 Å². The quantitative estimate of drug-likeness (QED) is 0.483. The number of aromatic nitrogens is 5. The predicted molar refractivity (Wildman–Crippen MR) is 87.4 cm³/mol. The number of nitrogens with one attached hydrogen (secondary N) is 3. The van der Waals surface area contributed by atoms with Crippen molar-refractivity contribution in [3.05, 3.63) is 59.6 Å². The van der Waals surface area contributed by atoms with Gasteiger partial charge < -0.3 is 10.6 Å². The van der Waals surface area contributed by atoms with Gasteiger partial charge in [0, 0.05) is 29.2 Å². The van der Waals surface area contributed by atoms with Gasteiger partial charge in [0.25, 0.3) is 5.91 Å². The van der Waals surface area contributed by atoms with E-state index in [4.69, 9.17) is 17.2 Å². The Morgan fingerprint density at radius 1 is 1.42 bits per heavy atom. The minimum atomic E-state index is -0.991. The van der Waals surface area contributed by atoms with Crippen molar-refractivity contribution in [2.75, 3.05) is 10.6 Å². The first-order valence-electron chi connectivity index (χ1n) is 8.65. The van der Waals surface area contributed by atoms with Crippen LogP contribution >= 0.6 is 11.6 Å². The summed E-state index contributed by atoms with van der Waals surface area (Å²) in [5, 5.41) is 9.96. The fraction of sp³-hybridized carbons (Fsp3) is 0. The lowest BCUT2D eigenvalue weighted by atomic mass is 10.2. The minimum absolute atomic E-state index is 0.0544. The van der Waals surface area contributed by atoms with Gasteiger partial charge in [-0.3, -0.25) is 9.78 Å². The molecule has 3 aromatic rings. The first-order chi connectivity index (χ1) is 13.4. The molecule has 0 fully saturated rings. The standard InChI is InChI=1S/C15H10ClN7O/c16-9-1-2-13-11(7-9)19-12(15-20-21-22-23(13)15)8-14(24)18-10-3-5-17-6-4-10/h1-8H,(H2,17,18,19,24)/p+1/i8D/hD3. The summed E-state index contributed by atoms with van der Waals surface area (Å²) in [5.74, 6) is -1.05. The molecule has 4 rings (SSSR count). The Balaban J connectivity index is 1.87. The number of anilines is 2. The van der Waals surface area contributed by atoms with Crippen molar-refractivity contribution in [2.45, 2.75) is 0 Å². The molecule has 0 atom stereocenters. The Morgan fingerprint density at radius 2 is 2.25 bits per heavy atom. The number of nitrogens with zero attached hydrogens (tertiary/aromatic N) is 4. The second kappa shape index (κ2) is 5.74. The highest BCUT2D eigenvalue weighted by Gasteiger charge is 2.29. The monoisotopic (exact) mass is 344 g/mol. The first kappa shape index (κ1) is 10.5. The molecule has 1 amide bonds. The van der Waals surface area contributed by atoms with Crippen LogP contribution in [0.15, 0.2) is 48.8 Å². The van der Waals surface area contributed by atoms with Crippen LogP contribution < -0.4 is 15.3 Å². The normalized spacial score (nSPS) is 17.0. The number of carbonyl (C=O) groups excluding carboxylic acids is 1. The maximum Gasteiger partial charge on any atom is 0.351 e. The molecule has 0 unspecified atom stereocenters. The molecule has 3 N–H and O–H groups in total. The molecule has 0 aliphatic carbocycles. The molecule has 1 aliphatic rings. The van der Waals surface area contributed by atoms with Crippen LogP contribution in [0.2, 0.25) is 9.26 Å². The summed E-state index contributed by atoms with van der Waals surface area (Å²) in [7, 11) is 0. The molecule has 0 spiro atoms. The molecular weight excluding hydrogens is 330 g/mol. The number of hydrogen-bond acceptors (Lipinski definition) is 5. The molecule has 3 heterocycles. The minimum Gasteiger partial charge on any atom is -0.347 e. The van der Waals surface area contributed by atoms with Crippen LogP contribution in [0.1, 0.15) is 7.20 Å². The Morgan fingerprint density at radius 3 is 3.08 bits per heavy atom. The number of fused-ring (bicyclic) bond motifs is 3. The number of benzene rings is 1. The molecule has 0 saturated carbocycles. The highest BCUT2D eigenvalue weighted by atomic mass is 35.5. The molecule has 1 aromatic carbocycles. The summed E-state index contributed by atoms with van der Waals surface area (Å²) in [5.41, 5.74) is 0.634. The maximum atomic E-state index is 12.7. The molecule has 8 nitrogen and oxygen atoms in total. The van der Waals surface area contributed by atoms with Crippen molar-refractivity contribution in [2.24, 2.45) is 0 Å². The van der Waals surface area contributed by atoms with Gasteiger partial charge in [-0.05, 0) is 35.5 Å². The van der Waals surface area contributed by atoms with E-state index in [0.717, 1.165) is 5.31 Å². The van der Waals surface area contributed by atoms with Gasteiger partial charge >= 0.3 is 7.24 Å². The van der Waals surface area contributed by atoms with Crippen molar-refractivity contribution in [1.82, 2.24) is 20.5 Å². The summed E-state index contributed by atoms with van der Waals surface area (Å²) >= 11 is 6.02. The van der Waals surface area contributed by atoms with Gasteiger partial charge in [0.05, 0.1) is 17.4 Å². The van der Waals surface area contributed by atoms with Crippen molar-refractivity contribution < 1.29 is 15.1 Å². The van der Waals surface area contributed by atoms with Crippen molar-refractivity contribution in [1.29, 1.82) is 0 Å². The van der Waals surface area contributed by atoms with Gasteiger partial charge in [-0.2, -0.15) is 0 Å². The van der Waals surface area contributed by atoms with E-state index in [2.05, 4.69) is 15.3 Å². The van der Waals surface area contributed by atoms with Crippen LogP contribution in [-0.2, 0) is 4.79 Å².